The molecule has 0 aliphatic carbocycles. The number of aliphatic carboxylic acids is 1. The molecule has 9 nitrogen and oxygen atoms in total. The fourth-order valence-corrected chi connectivity index (χ4v) is 4.60. The summed E-state index contributed by atoms with van der Waals surface area (Å²) in [5.74, 6) is -1.53. The van der Waals surface area contributed by atoms with Crippen molar-refractivity contribution in [2.24, 2.45) is 16.5 Å². The molecule has 0 spiro atoms. The summed E-state index contributed by atoms with van der Waals surface area (Å²) in [6, 6.07) is 13.7. The summed E-state index contributed by atoms with van der Waals surface area (Å²) >= 11 is 0. The van der Waals surface area contributed by atoms with E-state index in [0.717, 1.165) is 31.2 Å². The first-order valence-electron chi connectivity index (χ1n) is 12.3. The maximum Gasteiger partial charge on any atom is 0.305 e. The molecule has 3 rings (SSSR count). The van der Waals surface area contributed by atoms with Crippen molar-refractivity contribution in [1.82, 2.24) is 4.90 Å². The first-order chi connectivity index (χ1) is 17.2. The first kappa shape index (κ1) is 26.7. The molecule has 1 unspecified atom stereocenters. The van der Waals surface area contributed by atoms with Gasteiger partial charge in [-0.05, 0) is 56.4 Å². The predicted molar refractivity (Wildman–Crippen MR) is 140 cm³/mol. The van der Waals surface area contributed by atoms with E-state index in [-0.39, 0.29) is 36.8 Å². The topological polar surface area (TPSA) is 142 Å². The number of unbranched alkanes of at least 4 members (excludes halogenated alkanes) is 2. The standard InChI is InChI=1S/C27H35N5O4/c1-18(2)32-22-13-12-19(9-5-4-8-14-30-27(28)29)15-21(22)26(36)31(17-24(32)33)23(16-25(34)35)20-10-6-3-7-11-20/h3,6-7,10-13,15,18,23H,4-5,8-9,14,16-17H2,1-2H3,(H,34,35)(H4,28,29,30). The highest BCUT2D eigenvalue weighted by atomic mass is 16.4. The lowest BCUT2D eigenvalue weighted by molar-refractivity contribution is -0.138. The third-order valence-electron chi connectivity index (χ3n) is 6.25. The van der Waals surface area contributed by atoms with E-state index in [0.29, 0.717) is 23.4 Å². The lowest BCUT2D eigenvalue weighted by Crippen LogP contribution is -2.44. The Balaban J connectivity index is 1.93. The third kappa shape index (κ3) is 6.62. The molecule has 0 saturated carbocycles. The Hall–Kier alpha value is -3.88. The van der Waals surface area contributed by atoms with Crippen molar-refractivity contribution in [3.8, 4) is 0 Å². The number of aryl methyl sites for hydroxylation is 1. The molecule has 36 heavy (non-hydrogen) atoms. The fourth-order valence-electron chi connectivity index (χ4n) is 4.60. The minimum absolute atomic E-state index is 0.0878. The molecule has 2 aromatic carbocycles. The van der Waals surface area contributed by atoms with Gasteiger partial charge in [-0.1, -0.05) is 42.8 Å². The molecule has 0 saturated heterocycles. The van der Waals surface area contributed by atoms with E-state index >= 15 is 0 Å². The molecule has 1 atom stereocenters. The van der Waals surface area contributed by atoms with Crippen LogP contribution in [-0.2, 0) is 16.0 Å². The van der Waals surface area contributed by atoms with Gasteiger partial charge in [0.25, 0.3) is 5.91 Å². The lowest BCUT2D eigenvalue weighted by Gasteiger charge is -2.30. The molecule has 0 bridgehead atoms. The second-order valence-corrected chi connectivity index (χ2v) is 9.28. The maximum absolute atomic E-state index is 13.9. The Kier molecular flexibility index (Phi) is 9.05. The number of carboxylic acid groups (broad SMARTS) is 1. The van der Waals surface area contributed by atoms with E-state index in [1.54, 1.807) is 29.2 Å². The molecule has 1 aliphatic heterocycles. The Morgan fingerprint density at radius 3 is 2.42 bits per heavy atom. The zero-order valence-corrected chi connectivity index (χ0v) is 20.9. The van der Waals surface area contributed by atoms with Crippen LogP contribution in [0, 0.1) is 0 Å². The van der Waals surface area contributed by atoms with Crippen LogP contribution in [0.25, 0.3) is 0 Å². The number of aliphatic imine (C=N–C) groups is 1. The number of amides is 2. The van der Waals surface area contributed by atoms with Gasteiger partial charge >= 0.3 is 5.97 Å². The predicted octanol–water partition coefficient (Wildman–Crippen LogP) is 3.09. The molecule has 0 aromatic heterocycles. The zero-order chi connectivity index (χ0) is 26.2. The van der Waals surface area contributed by atoms with Crippen molar-refractivity contribution in [3.63, 3.8) is 0 Å². The summed E-state index contributed by atoms with van der Waals surface area (Å²) in [7, 11) is 0. The van der Waals surface area contributed by atoms with E-state index < -0.39 is 12.0 Å². The number of guanidine groups is 1. The minimum Gasteiger partial charge on any atom is -0.481 e. The number of nitrogens with zero attached hydrogens (tertiary/aromatic N) is 3. The van der Waals surface area contributed by atoms with Crippen LogP contribution in [0.5, 0.6) is 0 Å². The number of nitrogens with two attached hydrogens (primary N) is 2. The van der Waals surface area contributed by atoms with E-state index in [2.05, 4.69) is 4.99 Å². The van der Waals surface area contributed by atoms with E-state index in [9.17, 15) is 19.5 Å². The number of carbonyl (C=O) groups is 3. The quantitative estimate of drug-likeness (QED) is 0.249. The molecule has 192 valence electrons. The summed E-state index contributed by atoms with van der Waals surface area (Å²) < 4.78 is 0. The molecule has 0 fully saturated rings. The summed E-state index contributed by atoms with van der Waals surface area (Å²) in [5.41, 5.74) is 13.4. The number of carbonyl (C=O) groups excluding carboxylic acids is 2. The number of hydrogen-bond donors (Lipinski definition) is 3. The van der Waals surface area contributed by atoms with Crippen LogP contribution in [0.3, 0.4) is 0 Å². The smallest absolute Gasteiger partial charge is 0.305 e. The van der Waals surface area contributed by atoms with Crippen molar-refractivity contribution in [2.45, 2.75) is 58.0 Å². The van der Waals surface area contributed by atoms with Crippen molar-refractivity contribution in [2.75, 3.05) is 18.0 Å². The van der Waals surface area contributed by atoms with Crippen LogP contribution in [0.2, 0.25) is 0 Å². The molecular formula is C27H35N5O4. The molecule has 9 heteroatoms. The monoisotopic (exact) mass is 493 g/mol. The second-order valence-electron chi connectivity index (χ2n) is 9.28. The number of hydrogen-bond acceptors (Lipinski definition) is 4. The Bertz CT molecular complexity index is 1110. The molecule has 5 N–H and O–H groups in total. The Morgan fingerprint density at radius 1 is 1.06 bits per heavy atom. The van der Waals surface area contributed by atoms with Crippen LogP contribution in [0.1, 0.15) is 67.1 Å². The van der Waals surface area contributed by atoms with Gasteiger partial charge in [0.2, 0.25) is 5.91 Å². The van der Waals surface area contributed by atoms with Gasteiger partial charge in [0.05, 0.1) is 23.7 Å². The van der Waals surface area contributed by atoms with Gasteiger partial charge in [0, 0.05) is 12.6 Å². The Morgan fingerprint density at radius 2 is 1.78 bits per heavy atom. The van der Waals surface area contributed by atoms with Crippen molar-refractivity contribution in [1.29, 1.82) is 0 Å². The lowest BCUT2D eigenvalue weighted by atomic mass is 9.99. The van der Waals surface area contributed by atoms with Crippen molar-refractivity contribution in [3.05, 3.63) is 65.2 Å². The molecule has 2 aromatic rings. The average molecular weight is 494 g/mol. The van der Waals surface area contributed by atoms with Gasteiger partial charge in [0.15, 0.2) is 5.96 Å². The van der Waals surface area contributed by atoms with E-state index in [1.165, 1.54) is 4.90 Å². The zero-order valence-electron chi connectivity index (χ0n) is 20.9. The van der Waals surface area contributed by atoms with Crippen LogP contribution < -0.4 is 16.4 Å². The third-order valence-corrected chi connectivity index (χ3v) is 6.25. The number of carboxylic acids is 1. The van der Waals surface area contributed by atoms with Crippen molar-refractivity contribution < 1.29 is 19.5 Å². The van der Waals surface area contributed by atoms with Crippen molar-refractivity contribution >= 4 is 29.4 Å². The summed E-state index contributed by atoms with van der Waals surface area (Å²) in [4.78, 5) is 46.0. The fraction of sp³-hybridized carbons (Fsp3) is 0.407. The highest BCUT2D eigenvalue weighted by Crippen LogP contribution is 2.34. The minimum atomic E-state index is -1.04. The number of anilines is 1. The highest BCUT2D eigenvalue weighted by molar-refractivity contribution is 6.10. The number of benzene rings is 2. The van der Waals surface area contributed by atoms with Crippen LogP contribution in [-0.4, -0.2) is 52.9 Å². The van der Waals surface area contributed by atoms with Gasteiger partial charge in [-0.15, -0.1) is 0 Å². The molecule has 0 radical (unpaired) electrons. The second kappa shape index (κ2) is 12.2. The summed E-state index contributed by atoms with van der Waals surface area (Å²) in [6.07, 6.45) is 3.15. The van der Waals surface area contributed by atoms with Gasteiger partial charge < -0.3 is 26.4 Å². The Labute approximate surface area is 211 Å². The number of rotatable bonds is 11. The van der Waals surface area contributed by atoms with Crippen LogP contribution in [0.4, 0.5) is 5.69 Å². The average Bonchev–Trinajstić information content (AvgIpc) is 2.94. The van der Waals surface area contributed by atoms with Crippen LogP contribution in [0.15, 0.2) is 53.5 Å². The normalized spacial score (nSPS) is 14.4. The van der Waals surface area contributed by atoms with Gasteiger partial charge in [-0.3, -0.25) is 19.4 Å². The molecular weight excluding hydrogens is 458 g/mol. The largest absolute Gasteiger partial charge is 0.481 e. The summed E-state index contributed by atoms with van der Waals surface area (Å²) in [6.45, 7) is 4.19. The SMILES string of the molecule is CC(C)N1C(=O)CN(C(CC(=O)O)c2ccccc2)C(=O)c2cc(CCCCCN=C(N)N)ccc21. The van der Waals surface area contributed by atoms with Gasteiger partial charge in [-0.25, -0.2) is 0 Å². The molecule has 2 amide bonds. The first-order valence-corrected chi connectivity index (χ1v) is 12.3. The highest BCUT2D eigenvalue weighted by Gasteiger charge is 2.37. The molecule has 1 aliphatic rings. The van der Waals surface area contributed by atoms with Crippen LogP contribution >= 0.6 is 0 Å². The van der Waals surface area contributed by atoms with Gasteiger partial charge in [0.1, 0.15) is 6.54 Å². The van der Waals surface area contributed by atoms with E-state index in [1.807, 2.05) is 38.1 Å². The van der Waals surface area contributed by atoms with E-state index in [4.69, 9.17) is 11.5 Å². The maximum atomic E-state index is 13.9. The summed E-state index contributed by atoms with van der Waals surface area (Å²) in [5, 5.41) is 9.61. The van der Waals surface area contributed by atoms with Gasteiger partial charge in [-0.2, -0.15) is 0 Å². The number of fused-ring (bicyclic) bond motifs is 1. The molecule has 1 heterocycles.